The van der Waals surface area contributed by atoms with E-state index in [1.54, 1.807) is 18.2 Å². The van der Waals surface area contributed by atoms with Crippen LogP contribution in [0.1, 0.15) is 44.5 Å². The summed E-state index contributed by atoms with van der Waals surface area (Å²) < 4.78 is 136. The highest BCUT2D eigenvalue weighted by atomic mass is 19.2. The molecule has 8 bridgehead atoms. The minimum atomic E-state index is -2.30. The van der Waals surface area contributed by atoms with Gasteiger partial charge in [-0.2, -0.15) is 0 Å². The van der Waals surface area contributed by atoms with Crippen LogP contribution in [-0.2, 0) is 0 Å². The number of halogens is 8. The number of aromatic nitrogens is 8. The van der Waals surface area contributed by atoms with Gasteiger partial charge in [0, 0.05) is 45.4 Å². The lowest BCUT2D eigenvalue weighted by molar-refractivity contribution is 0.412. The molecule has 0 radical (unpaired) electrons. The number of benzene rings is 12. The molecule has 0 unspecified atom stereocenters. The van der Waals surface area contributed by atoms with Crippen LogP contribution in [0.4, 0.5) is 120 Å². The van der Waals surface area contributed by atoms with E-state index in [9.17, 15) is 0 Å². The van der Waals surface area contributed by atoms with Crippen molar-refractivity contribution in [1.29, 1.82) is 0 Å². The molecular weight excluding hydrogens is 1430 g/mol. The van der Waals surface area contributed by atoms with Crippen LogP contribution in [-0.4, -0.2) is 39.6 Å². The maximum atomic E-state index is 17.7. The Kier molecular flexibility index (Phi) is 17.8. The summed E-state index contributed by atoms with van der Waals surface area (Å²) in [5, 5.41) is 24.4. The summed E-state index contributed by atoms with van der Waals surface area (Å²) in [4.78, 5) is 33.3. The van der Waals surface area contributed by atoms with Crippen LogP contribution in [0.2, 0.25) is 0 Å². The first-order chi connectivity index (χ1) is 54.0. The first kappa shape index (κ1) is 70.8. The molecule has 15 aromatic rings. The average Bonchev–Trinajstić information content (AvgIpc) is 1.51. The van der Waals surface area contributed by atoms with Crippen LogP contribution < -0.4 is 42.6 Å². The third kappa shape index (κ3) is 13.0. The van der Waals surface area contributed by atoms with Crippen molar-refractivity contribution < 1.29 is 35.1 Å². The number of hydrogen-bond acceptors (Lipinski definition) is 14. The molecule has 554 valence electrons. The molecule has 0 saturated carbocycles. The normalized spacial score (nSPS) is 11.6. The summed E-state index contributed by atoms with van der Waals surface area (Å²) in [6, 6.07) is 62.6. The second-order valence-electron chi connectivity index (χ2n) is 28.0. The number of nitrogens with one attached hydrogen (secondary N) is 9. The van der Waals surface area contributed by atoms with E-state index in [1.807, 2.05) is 237 Å². The van der Waals surface area contributed by atoms with E-state index in [1.165, 1.54) is 4.68 Å². The molecule has 12 aromatic carbocycles. The Labute approximate surface area is 635 Å². The monoisotopic (exact) mass is 1500 g/mol. The Morgan fingerprint density at radius 1 is 0.250 bits per heavy atom. The van der Waals surface area contributed by atoms with Gasteiger partial charge in [0.1, 0.15) is 11.3 Å². The molecule has 0 spiro atoms. The van der Waals surface area contributed by atoms with E-state index < -0.39 is 91.4 Å². The zero-order valence-corrected chi connectivity index (χ0v) is 61.2. The maximum Gasteiger partial charge on any atom is 0.198 e. The molecule has 0 amide bonds. The van der Waals surface area contributed by atoms with Crippen LogP contribution in [0.5, 0.6) is 0 Å². The van der Waals surface area contributed by atoms with Crippen molar-refractivity contribution in [2.75, 3.05) is 42.6 Å². The van der Waals surface area contributed by atoms with Gasteiger partial charge in [0.25, 0.3) is 0 Å². The number of hydrogen-bond donors (Lipinski definition) is 9. The topological polar surface area (TPSA) is 194 Å². The van der Waals surface area contributed by atoms with Crippen molar-refractivity contribution in [3.05, 3.63) is 291 Å². The minimum Gasteiger partial charge on any atom is -0.354 e. The predicted molar refractivity (Wildman–Crippen MR) is 431 cm³/mol. The van der Waals surface area contributed by atoms with Gasteiger partial charge in [-0.3, -0.25) is 5.43 Å². The highest BCUT2D eigenvalue weighted by Crippen LogP contribution is 2.55. The summed E-state index contributed by atoms with van der Waals surface area (Å²) in [6.45, 7) is 15.6. The van der Waals surface area contributed by atoms with Crippen LogP contribution >= 0.6 is 0 Å². The predicted octanol–water partition coefficient (Wildman–Crippen LogP) is 24.0. The zero-order valence-electron chi connectivity index (χ0n) is 61.2. The SMILES string of the molecule is Cc1ccc(Nc2cc3c(c(Nc4ccc(C)cc4)c2Nc2ccc(C)cc2)-c2nc-3nc3[nH]c(nc4nc(nc5c6c(Nc7ccc(C)cc7)c(Nc7ccc(C)cc7)c(Nc7ccc(C)cc7)c(Nc7ccc(C)cc7)c6c(n2)n5Nc2ccc(C)cc2)-c2c(F)c(F)c(F)c(F)c2-4)c2c(F)c(F)c(F)c(F)c32)cc1. The lowest BCUT2D eigenvalue weighted by Gasteiger charge is -2.25. The van der Waals surface area contributed by atoms with Crippen molar-refractivity contribution in [2.24, 2.45) is 0 Å². The fourth-order valence-corrected chi connectivity index (χ4v) is 13.7. The van der Waals surface area contributed by atoms with Gasteiger partial charge < -0.3 is 42.2 Å². The number of H-pyrrole nitrogens is 1. The van der Waals surface area contributed by atoms with Crippen molar-refractivity contribution in [1.82, 2.24) is 39.6 Å². The number of fused-ring (bicyclic) bond motifs is 20. The van der Waals surface area contributed by atoms with Crippen molar-refractivity contribution in [3.8, 4) is 45.6 Å². The molecule has 2 aliphatic rings. The van der Waals surface area contributed by atoms with Gasteiger partial charge in [-0.05, 0) is 159 Å². The fourth-order valence-electron chi connectivity index (χ4n) is 13.7. The molecule has 0 fully saturated rings. The van der Waals surface area contributed by atoms with Crippen LogP contribution in [0, 0.1) is 102 Å². The summed E-state index contributed by atoms with van der Waals surface area (Å²) in [7, 11) is 0. The highest BCUT2D eigenvalue weighted by molar-refractivity contribution is 6.27. The minimum absolute atomic E-state index is 0.0677. The number of aromatic amines is 1. The third-order valence-electron chi connectivity index (χ3n) is 19.7. The standard InChI is InChI=1S/C88H66F8N16/c1-42-9-25-50(26-10-42)97-59-41-58-60(76(99-52-29-13-44(3)14-30-52)75(59)98-51-27-11-43(2)12-28-51)82-104-81(58)105-83-61-62(68(90)72(94)71(93)67(61)89)84(106-83)107-85-63-64(70(92)74(96)73(95)69(63)91)86(108-85)110-88-66-65(87(109-82)112(88)111-57-39-23-49(8)24-40-57)77(100-53-31-15-45(4)16-32-53)79(102-55-35-19-47(6)20-36-55)80(103-56-37-21-48(7)22-38-56)78(66)101-54-33-17-46(5)18-34-54/h9-41,97-103,111H,1-8H3,(H,104,105,106,107,108,109,110). The number of rotatable bonds is 16. The third-order valence-corrected chi connectivity index (χ3v) is 19.7. The molecule has 9 N–H and O–H groups in total. The average molecular weight is 1500 g/mol. The van der Waals surface area contributed by atoms with E-state index >= 15 is 35.1 Å². The first-order valence-electron chi connectivity index (χ1n) is 35.8. The summed E-state index contributed by atoms with van der Waals surface area (Å²) >= 11 is 0. The molecule has 3 aromatic heterocycles. The first-order valence-corrected chi connectivity index (χ1v) is 35.8. The zero-order chi connectivity index (χ0) is 77.7. The van der Waals surface area contributed by atoms with Gasteiger partial charge in [-0.15, -0.1) is 0 Å². The fraction of sp³-hybridized carbons (Fsp3) is 0.0909. The molecule has 0 atom stereocenters. The number of anilines is 15. The molecule has 16 nitrogen and oxygen atoms in total. The molecule has 0 saturated heterocycles. The molecule has 5 heterocycles. The van der Waals surface area contributed by atoms with E-state index in [0.29, 0.717) is 73.9 Å². The smallest absolute Gasteiger partial charge is 0.198 e. The molecule has 0 aliphatic carbocycles. The Morgan fingerprint density at radius 2 is 0.527 bits per heavy atom. The second kappa shape index (κ2) is 28.1. The Bertz CT molecular complexity index is 6520. The molecule has 2 aliphatic heterocycles. The second-order valence-corrected chi connectivity index (χ2v) is 28.0. The molecule has 24 heteroatoms. The van der Waals surface area contributed by atoms with Crippen LogP contribution in [0.15, 0.2) is 200 Å². The number of nitrogens with zero attached hydrogens (tertiary/aromatic N) is 7. The van der Waals surface area contributed by atoms with E-state index in [0.717, 1.165) is 44.5 Å². The van der Waals surface area contributed by atoms with Gasteiger partial charge in [-0.1, -0.05) is 142 Å². The lowest BCUT2D eigenvalue weighted by atomic mass is 10.0. The number of aryl methyl sites for hydroxylation is 8. The van der Waals surface area contributed by atoms with Crippen molar-refractivity contribution in [3.63, 3.8) is 0 Å². The van der Waals surface area contributed by atoms with Crippen LogP contribution in [0.3, 0.4) is 0 Å². The van der Waals surface area contributed by atoms with Crippen molar-refractivity contribution in [2.45, 2.75) is 55.4 Å². The van der Waals surface area contributed by atoms with Gasteiger partial charge >= 0.3 is 0 Å². The summed E-state index contributed by atoms with van der Waals surface area (Å²) in [5.74, 6) is -19.4. The quantitative estimate of drug-likeness (QED) is 0.0252. The summed E-state index contributed by atoms with van der Waals surface area (Å²) in [6.07, 6.45) is 0. The van der Waals surface area contributed by atoms with Crippen LogP contribution in [0.25, 0.3) is 89.7 Å². The van der Waals surface area contributed by atoms with Gasteiger partial charge in [0.05, 0.1) is 83.7 Å². The maximum absolute atomic E-state index is 17.7. The highest BCUT2D eigenvalue weighted by Gasteiger charge is 2.38. The molecule has 17 rings (SSSR count). The van der Waals surface area contributed by atoms with Gasteiger partial charge in [0.15, 0.2) is 81.1 Å². The lowest BCUT2D eigenvalue weighted by Crippen LogP contribution is -2.10. The summed E-state index contributed by atoms with van der Waals surface area (Å²) in [5.41, 5.74) is 14.0. The van der Waals surface area contributed by atoms with Gasteiger partial charge in [0.2, 0.25) is 0 Å². The van der Waals surface area contributed by atoms with E-state index in [4.69, 9.17) is 19.9 Å². The van der Waals surface area contributed by atoms with E-state index in [-0.39, 0.29) is 56.2 Å². The molecular formula is C88H66F8N16. The van der Waals surface area contributed by atoms with E-state index in [2.05, 4.69) is 57.6 Å². The molecule has 112 heavy (non-hydrogen) atoms. The van der Waals surface area contributed by atoms with Crippen molar-refractivity contribution >= 4 is 129 Å². The Morgan fingerprint density at radius 3 is 0.893 bits per heavy atom. The Balaban J connectivity index is 1.16. The Hall–Kier alpha value is -14.2. The van der Waals surface area contributed by atoms with Gasteiger partial charge in [-0.25, -0.2) is 69.7 Å². The largest absolute Gasteiger partial charge is 0.354 e.